The molecule has 0 spiro atoms. The molecule has 0 aromatic heterocycles. The summed E-state index contributed by atoms with van der Waals surface area (Å²) in [6, 6.07) is 11.4. The molecule has 0 bridgehead atoms. The predicted molar refractivity (Wildman–Crippen MR) is 156 cm³/mol. The minimum atomic E-state index is -3.65. The van der Waals surface area contributed by atoms with Gasteiger partial charge in [0.15, 0.2) is 0 Å². The Balaban J connectivity index is 2.02. The van der Waals surface area contributed by atoms with Gasteiger partial charge in [0.2, 0.25) is 0 Å². The number of hydrogen-bond acceptors (Lipinski definition) is 3. The zero-order chi connectivity index (χ0) is 22.9. The molecule has 164 valence electrons. The van der Waals surface area contributed by atoms with Gasteiger partial charge >= 0.3 is 269 Å². The number of hydrogen-bond donors (Lipinski definition) is 0. The second kappa shape index (κ2) is 12.5. The van der Waals surface area contributed by atoms with Gasteiger partial charge in [-0.15, -0.1) is 0 Å². The molecular weight excluding hydrogens is 1190 g/mol. The van der Waals surface area contributed by atoms with Crippen molar-refractivity contribution in [1.29, 1.82) is 0 Å². The van der Waals surface area contributed by atoms with Gasteiger partial charge in [0.05, 0.1) is 0 Å². The van der Waals surface area contributed by atoms with E-state index in [0.29, 0.717) is 17.2 Å². The first kappa shape index (κ1) is 27.8. The van der Waals surface area contributed by atoms with E-state index < -0.39 is 23.1 Å². The molecular formula is C18H6BiBr9O3. The van der Waals surface area contributed by atoms with Crippen molar-refractivity contribution in [3.63, 3.8) is 0 Å². The molecule has 0 aliphatic carbocycles. The molecule has 0 heterocycles. The molecule has 13 heteroatoms. The molecule has 3 aromatic rings. The van der Waals surface area contributed by atoms with Crippen LogP contribution in [0.25, 0.3) is 0 Å². The Kier molecular flexibility index (Phi) is 11.2. The van der Waals surface area contributed by atoms with Crippen LogP contribution in [0.1, 0.15) is 0 Å². The Morgan fingerprint density at radius 3 is 0.774 bits per heavy atom. The van der Waals surface area contributed by atoms with Gasteiger partial charge in [-0.2, -0.15) is 0 Å². The van der Waals surface area contributed by atoms with Gasteiger partial charge in [-0.3, -0.25) is 0 Å². The van der Waals surface area contributed by atoms with Gasteiger partial charge in [-0.1, -0.05) is 0 Å². The fourth-order valence-electron chi connectivity index (χ4n) is 2.13. The number of benzene rings is 3. The van der Waals surface area contributed by atoms with Crippen molar-refractivity contribution in [2.75, 3.05) is 0 Å². The standard InChI is InChI=1S/3C6H3Br3O.Bi/c3*7-3-1-4(8)6(10)5(9)2-3;/h3*1-2,10H;/q;;;+3/p-3. The molecule has 0 atom stereocenters. The van der Waals surface area contributed by atoms with Gasteiger partial charge in [-0.05, 0) is 0 Å². The third-order valence-electron chi connectivity index (χ3n) is 3.39. The SMILES string of the molecule is Brc1cc(Br)c([O][Bi]([O]c2c(Br)cc(Br)cc2Br)[O]c2c(Br)cc(Br)cc2Br)c(Br)c1. The first-order valence-electron chi connectivity index (χ1n) is 7.83. The van der Waals surface area contributed by atoms with Gasteiger partial charge in [0.25, 0.3) is 0 Å². The van der Waals surface area contributed by atoms with Crippen molar-refractivity contribution < 1.29 is 8.44 Å². The Morgan fingerprint density at radius 1 is 0.387 bits per heavy atom. The van der Waals surface area contributed by atoms with Crippen LogP contribution in [0, 0.1) is 0 Å². The van der Waals surface area contributed by atoms with Gasteiger partial charge < -0.3 is 0 Å². The van der Waals surface area contributed by atoms with E-state index in [1.165, 1.54) is 0 Å². The molecule has 0 amide bonds. The number of rotatable bonds is 6. The molecule has 31 heavy (non-hydrogen) atoms. The summed E-state index contributed by atoms with van der Waals surface area (Å²) >= 11 is 28.1. The quantitative estimate of drug-likeness (QED) is 0.230. The number of halogens is 9. The summed E-state index contributed by atoms with van der Waals surface area (Å²) in [5.41, 5.74) is 0. The molecule has 0 radical (unpaired) electrons. The second-order valence-electron chi connectivity index (χ2n) is 5.59. The van der Waals surface area contributed by atoms with E-state index in [2.05, 4.69) is 143 Å². The maximum absolute atomic E-state index is 6.36. The van der Waals surface area contributed by atoms with E-state index >= 15 is 0 Å². The van der Waals surface area contributed by atoms with Crippen LogP contribution < -0.4 is 8.44 Å². The molecule has 3 nitrogen and oxygen atoms in total. The summed E-state index contributed by atoms with van der Waals surface area (Å²) in [7, 11) is 0. The second-order valence-corrected chi connectivity index (χ2v) is 17.3. The van der Waals surface area contributed by atoms with Crippen LogP contribution in [0.3, 0.4) is 0 Å². The Bertz CT molecular complexity index is 932. The zero-order valence-electron chi connectivity index (χ0n) is 14.5. The first-order chi connectivity index (χ1) is 14.5. The van der Waals surface area contributed by atoms with Crippen LogP contribution in [0.2, 0.25) is 0 Å². The monoisotopic (exact) mass is 1190 g/mol. The van der Waals surface area contributed by atoms with Crippen LogP contribution in [0.4, 0.5) is 0 Å². The predicted octanol–water partition coefficient (Wildman–Crippen LogP) is 11.1. The van der Waals surface area contributed by atoms with Crippen molar-refractivity contribution in [1.82, 2.24) is 0 Å². The molecule has 0 N–H and O–H groups in total. The average molecular weight is 1200 g/mol. The normalized spacial score (nSPS) is 11.0. The minimum absolute atomic E-state index is 0.606. The molecule has 3 rings (SSSR count). The van der Waals surface area contributed by atoms with E-state index in [9.17, 15) is 0 Å². The van der Waals surface area contributed by atoms with Crippen LogP contribution in [-0.4, -0.2) is 23.1 Å². The van der Waals surface area contributed by atoms with Gasteiger partial charge in [0, 0.05) is 0 Å². The summed E-state index contributed by atoms with van der Waals surface area (Å²) in [4.78, 5) is 0. The topological polar surface area (TPSA) is 27.7 Å². The fraction of sp³-hybridized carbons (Fsp3) is 0. The summed E-state index contributed by atoms with van der Waals surface area (Å²) in [6.45, 7) is 0. The molecule has 0 fully saturated rings. The van der Waals surface area contributed by atoms with Gasteiger partial charge in [0.1, 0.15) is 0 Å². The summed E-state index contributed by atoms with van der Waals surface area (Å²) < 4.78 is 26.4. The van der Waals surface area contributed by atoms with Crippen LogP contribution >= 0.6 is 143 Å². The summed E-state index contributed by atoms with van der Waals surface area (Å²) in [5.74, 6) is 1.82. The molecule has 0 aliphatic heterocycles. The van der Waals surface area contributed by atoms with Crippen LogP contribution in [0.5, 0.6) is 17.2 Å². The first-order valence-corrected chi connectivity index (χ1v) is 19.2. The van der Waals surface area contributed by atoms with E-state index in [0.717, 1.165) is 40.3 Å². The fourth-order valence-corrected chi connectivity index (χ4v) is 16.9. The Hall–Kier alpha value is 2.26. The van der Waals surface area contributed by atoms with Gasteiger partial charge in [-0.25, -0.2) is 0 Å². The van der Waals surface area contributed by atoms with Crippen molar-refractivity contribution >= 4 is 166 Å². The van der Waals surface area contributed by atoms with Crippen molar-refractivity contribution in [3.8, 4) is 17.2 Å². The van der Waals surface area contributed by atoms with E-state index in [4.69, 9.17) is 8.44 Å². The average Bonchev–Trinajstić information content (AvgIpc) is 2.63. The third-order valence-corrected chi connectivity index (χ3v) is 12.2. The van der Waals surface area contributed by atoms with Crippen molar-refractivity contribution in [3.05, 3.63) is 76.7 Å². The summed E-state index contributed by atoms with van der Waals surface area (Å²) in [5, 5.41) is 0. The summed E-state index contributed by atoms with van der Waals surface area (Å²) in [6.07, 6.45) is 0. The zero-order valence-corrected chi connectivity index (χ0v) is 32.3. The van der Waals surface area contributed by atoms with Crippen molar-refractivity contribution in [2.45, 2.75) is 0 Å². The third kappa shape index (κ3) is 7.62. The molecule has 0 unspecified atom stereocenters. The van der Waals surface area contributed by atoms with Crippen LogP contribution in [-0.2, 0) is 0 Å². The molecule has 0 saturated carbocycles. The van der Waals surface area contributed by atoms with E-state index in [1.54, 1.807) is 0 Å². The molecule has 3 aromatic carbocycles. The molecule has 0 saturated heterocycles. The Labute approximate surface area is 264 Å². The van der Waals surface area contributed by atoms with E-state index in [-0.39, 0.29) is 0 Å². The van der Waals surface area contributed by atoms with E-state index in [1.807, 2.05) is 36.4 Å². The Morgan fingerprint density at radius 2 is 0.581 bits per heavy atom. The van der Waals surface area contributed by atoms with Crippen LogP contribution in [0.15, 0.2) is 76.7 Å². The molecule has 0 aliphatic rings. The maximum atomic E-state index is 6.36. The van der Waals surface area contributed by atoms with Crippen molar-refractivity contribution in [2.24, 2.45) is 0 Å².